The van der Waals surface area contributed by atoms with Gasteiger partial charge in [0.1, 0.15) is 4.21 Å². The van der Waals surface area contributed by atoms with Crippen LogP contribution in [-0.4, -0.2) is 64.7 Å². The van der Waals surface area contributed by atoms with Gasteiger partial charge in [-0.05, 0) is 41.3 Å². The van der Waals surface area contributed by atoms with Gasteiger partial charge in [-0.3, -0.25) is 9.78 Å². The minimum atomic E-state index is -3.67. The van der Waals surface area contributed by atoms with Crippen LogP contribution < -0.4 is 0 Å². The van der Waals surface area contributed by atoms with E-state index in [1.807, 2.05) is 24.3 Å². The van der Waals surface area contributed by atoms with Gasteiger partial charge in [0.05, 0.1) is 0 Å². The maximum absolute atomic E-state index is 13.2. The molecule has 0 aliphatic carbocycles. The van der Waals surface area contributed by atoms with E-state index in [1.165, 1.54) is 15.6 Å². The van der Waals surface area contributed by atoms with Crippen LogP contribution in [0.15, 0.2) is 65.4 Å². The number of carbonyl (C=O) groups is 1. The van der Waals surface area contributed by atoms with Crippen molar-refractivity contribution in [3.63, 3.8) is 0 Å². The molecule has 5 rings (SSSR count). The molecule has 1 aromatic carbocycles. The number of aromatic nitrogens is 3. The number of thiophene rings is 1. The van der Waals surface area contributed by atoms with E-state index in [9.17, 15) is 13.2 Å². The zero-order chi connectivity index (χ0) is 23.7. The normalized spacial score (nSPS) is 14.7. The predicted molar refractivity (Wildman–Crippen MR) is 130 cm³/mol. The van der Waals surface area contributed by atoms with Gasteiger partial charge in [-0.1, -0.05) is 12.0 Å². The van der Waals surface area contributed by atoms with Crippen molar-refractivity contribution >= 4 is 37.4 Å². The first-order valence-electron chi connectivity index (χ1n) is 10.5. The fraction of sp³-hybridized carbons (Fsp3) is 0.167. The monoisotopic (exact) mass is 489 g/mol. The van der Waals surface area contributed by atoms with Gasteiger partial charge in [-0.15, -0.1) is 17.8 Å². The number of carbonyl (C=O) groups excluding carboxylic acids is 1. The van der Waals surface area contributed by atoms with Crippen LogP contribution in [0, 0.1) is 12.3 Å². The van der Waals surface area contributed by atoms with E-state index in [-0.39, 0.29) is 42.1 Å². The smallest absolute Gasteiger partial charge is 0.291 e. The number of rotatable bonds is 4. The Bertz CT molecular complexity index is 1500. The highest BCUT2D eigenvalue weighted by Gasteiger charge is 2.32. The van der Waals surface area contributed by atoms with Crippen LogP contribution in [0.2, 0.25) is 0 Å². The number of hydrogen-bond acceptors (Lipinski definition) is 7. The van der Waals surface area contributed by atoms with Crippen LogP contribution in [0.1, 0.15) is 16.2 Å². The molecule has 4 heterocycles. The summed E-state index contributed by atoms with van der Waals surface area (Å²) in [5.74, 6) is 2.34. The van der Waals surface area contributed by atoms with E-state index in [0.29, 0.717) is 5.56 Å². The number of amides is 1. The predicted octanol–water partition coefficient (Wildman–Crippen LogP) is 2.88. The van der Waals surface area contributed by atoms with E-state index in [1.54, 1.807) is 41.8 Å². The quantitative estimate of drug-likeness (QED) is 0.409. The number of terminal acetylenes is 1. The Labute approximate surface area is 201 Å². The lowest BCUT2D eigenvalue weighted by Crippen LogP contribution is -2.50. The van der Waals surface area contributed by atoms with Crippen molar-refractivity contribution in [3.05, 3.63) is 72.6 Å². The molecular formula is C24H19N5O3S2. The Balaban J connectivity index is 1.27. The second kappa shape index (κ2) is 8.95. The van der Waals surface area contributed by atoms with Crippen molar-refractivity contribution in [1.82, 2.24) is 24.2 Å². The maximum Gasteiger partial charge on any atom is 0.291 e. The molecule has 0 atom stereocenters. The van der Waals surface area contributed by atoms with Gasteiger partial charge in [0.15, 0.2) is 0 Å². The lowest BCUT2D eigenvalue weighted by Gasteiger charge is -2.33. The highest BCUT2D eigenvalue weighted by molar-refractivity contribution is 7.91. The second-order valence-corrected chi connectivity index (χ2v) is 10.9. The summed E-state index contributed by atoms with van der Waals surface area (Å²) in [4.78, 5) is 26.9. The Morgan fingerprint density at radius 1 is 0.971 bits per heavy atom. The van der Waals surface area contributed by atoms with Crippen LogP contribution in [0.25, 0.3) is 21.2 Å². The van der Waals surface area contributed by atoms with Crippen LogP contribution >= 0.6 is 11.3 Å². The zero-order valence-electron chi connectivity index (χ0n) is 18.0. The van der Waals surface area contributed by atoms with Gasteiger partial charge in [0.25, 0.3) is 15.9 Å². The molecule has 3 aromatic heterocycles. The number of nitrogens with zero attached hydrogens (tertiary/aromatic N) is 5. The van der Waals surface area contributed by atoms with Crippen molar-refractivity contribution in [3.8, 4) is 23.5 Å². The number of fused-ring (bicyclic) bond motifs is 1. The highest BCUT2D eigenvalue weighted by atomic mass is 32.2. The summed E-state index contributed by atoms with van der Waals surface area (Å²) in [5.41, 5.74) is 2.40. The minimum absolute atomic E-state index is 0.0861. The third kappa shape index (κ3) is 4.17. The summed E-state index contributed by atoms with van der Waals surface area (Å²) in [6, 6.07) is 10.8. The average Bonchev–Trinajstić information content (AvgIpc) is 3.33. The van der Waals surface area contributed by atoms with E-state index in [4.69, 9.17) is 6.42 Å². The Morgan fingerprint density at radius 2 is 1.68 bits per heavy atom. The van der Waals surface area contributed by atoms with Crippen molar-refractivity contribution in [2.75, 3.05) is 26.2 Å². The third-order valence-electron chi connectivity index (χ3n) is 5.64. The SMILES string of the molecule is C#Cc1ccc2cc(S(=O)(=O)N3CCN(C(=O)c4ncc(-c5ccncc5)cn4)CC3)sc2c1. The molecule has 0 spiro atoms. The molecule has 0 bridgehead atoms. The number of hydrogen-bond donors (Lipinski definition) is 0. The van der Waals surface area contributed by atoms with Crippen molar-refractivity contribution < 1.29 is 13.2 Å². The van der Waals surface area contributed by atoms with Gasteiger partial charge in [-0.2, -0.15) is 4.31 Å². The van der Waals surface area contributed by atoms with Crippen LogP contribution in [0.3, 0.4) is 0 Å². The number of pyridine rings is 1. The summed E-state index contributed by atoms with van der Waals surface area (Å²) in [7, 11) is -3.67. The molecule has 10 heteroatoms. The number of sulfonamides is 1. The minimum Gasteiger partial charge on any atom is -0.333 e. The molecular weight excluding hydrogens is 470 g/mol. The zero-order valence-corrected chi connectivity index (χ0v) is 19.6. The first-order chi connectivity index (χ1) is 16.5. The fourth-order valence-corrected chi connectivity index (χ4v) is 6.77. The first kappa shape index (κ1) is 22.2. The van der Waals surface area contributed by atoms with E-state index in [2.05, 4.69) is 20.9 Å². The maximum atomic E-state index is 13.2. The van der Waals surface area contributed by atoms with E-state index in [0.717, 1.165) is 21.2 Å². The lowest BCUT2D eigenvalue weighted by atomic mass is 10.1. The van der Waals surface area contributed by atoms with Crippen molar-refractivity contribution in [2.24, 2.45) is 0 Å². The van der Waals surface area contributed by atoms with Crippen molar-refractivity contribution in [1.29, 1.82) is 0 Å². The molecule has 0 saturated carbocycles. The molecule has 1 aliphatic heterocycles. The van der Waals surface area contributed by atoms with Gasteiger partial charge in [-0.25, -0.2) is 18.4 Å². The molecule has 4 aromatic rings. The Morgan fingerprint density at radius 3 is 2.35 bits per heavy atom. The molecule has 34 heavy (non-hydrogen) atoms. The number of piperazine rings is 1. The summed E-state index contributed by atoms with van der Waals surface area (Å²) in [5, 5.41) is 0.837. The molecule has 1 amide bonds. The van der Waals surface area contributed by atoms with Gasteiger partial charge in [0, 0.05) is 66.8 Å². The van der Waals surface area contributed by atoms with Crippen LogP contribution in [0.4, 0.5) is 0 Å². The Hall–Kier alpha value is -3.65. The molecule has 170 valence electrons. The molecule has 0 radical (unpaired) electrons. The largest absolute Gasteiger partial charge is 0.333 e. The molecule has 8 nitrogen and oxygen atoms in total. The van der Waals surface area contributed by atoms with Crippen LogP contribution in [-0.2, 0) is 10.0 Å². The summed E-state index contributed by atoms with van der Waals surface area (Å²) in [6.45, 7) is 0.930. The van der Waals surface area contributed by atoms with Gasteiger partial charge < -0.3 is 4.90 Å². The average molecular weight is 490 g/mol. The lowest BCUT2D eigenvalue weighted by molar-refractivity contribution is 0.0685. The molecule has 1 fully saturated rings. The van der Waals surface area contributed by atoms with Gasteiger partial charge >= 0.3 is 0 Å². The number of benzene rings is 1. The first-order valence-corrected chi connectivity index (χ1v) is 12.7. The summed E-state index contributed by atoms with van der Waals surface area (Å²) < 4.78 is 28.9. The highest BCUT2D eigenvalue weighted by Crippen LogP contribution is 2.32. The molecule has 0 N–H and O–H groups in total. The fourth-order valence-electron chi connectivity index (χ4n) is 3.76. The molecule has 1 aliphatic rings. The van der Waals surface area contributed by atoms with E-state index < -0.39 is 10.0 Å². The van der Waals surface area contributed by atoms with Crippen LogP contribution in [0.5, 0.6) is 0 Å². The standard InChI is InChI=1S/C24H19N5O3S2/c1-2-17-3-4-19-14-22(33-21(19)13-17)34(31,32)29-11-9-28(10-12-29)24(30)23-26-15-20(16-27-23)18-5-7-25-8-6-18/h1,3-8,13-16H,9-12H2. The second-order valence-electron chi connectivity index (χ2n) is 7.69. The topological polar surface area (TPSA) is 96.4 Å². The van der Waals surface area contributed by atoms with Crippen molar-refractivity contribution in [2.45, 2.75) is 4.21 Å². The van der Waals surface area contributed by atoms with Gasteiger partial charge in [0.2, 0.25) is 5.82 Å². The molecule has 0 unspecified atom stereocenters. The molecule has 1 saturated heterocycles. The Kier molecular flexibility index (Phi) is 5.83. The third-order valence-corrected chi connectivity index (χ3v) is 9.09. The summed E-state index contributed by atoms with van der Waals surface area (Å²) in [6.07, 6.45) is 12.0. The summed E-state index contributed by atoms with van der Waals surface area (Å²) >= 11 is 1.20. The van der Waals surface area contributed by atoms with E-state index >= 15 is 0 Å².